The Morgan fingerprint density at radius 1 is 1.10 bits per heavy atom. The number of pyridine rings is 1. The van der Waals surface area contributed by atoms with Gasteiger partial charge in [0.1, 0.15) is 0 Å². The predicted octanol–water partition coefficient (Wildman–Crippen LogP) is 4.80. The Hall–Kier alpha value is -2.79. The molecule has 0 unspecified atom stereocenters. The van der Waals surface area contributed by atoms with Gasteiger partial charge >= 0.3 is 0 Å². The minimum Gasteiger partial charge on any atom is -0.345 e. The average Bonchev–Trinajstić information content (AvgIpc) is 2.72. The third kappa shape index (κ3) is 4.15. The van der Waals surface area contributed by atoms with Gasteiger partial charge in [0.05, 0.1) is 27.7 Å². The first-order valence-electron chi connectivity index (χ1n) is 9.93. The van der Waals surface area contributed by atoms with Crippen molar-refractivity contribution in [3.05, 3.63) is 80.7 Å². The zero-order chi connectivity index (χ0) is 21.0. The molecule has 0 aliphatic carbocycles. The first-order chi connectivity index (χ1) is 14.0. The van der Waals surface area contributed by atoms with E-state index < -0.39 is 0 Å². The summed E-state index contributed by atoms with van der Waals surface area (Å²) in [6.45, 7) is 6.44. The van der Waals surface area contributed by atoms with Crippen molar-refractivity contribution in [3.63, 3.8) is 0 Å². The van der Waals surface area contributed by atoms with E-state index in [1.54, 1.807) is 25.1 Å². The number of carbonyl (C=O) groups is 1. The second-order valence-electron chi connectivity index (χ2n) is 7.02. The quantitative estimate of drug-likeness (QED) is 0.587. The molecule has 1 amide bonds. The van der Waals surface area contributed by atoms with Crippen LogP contribution in [0.5, 0.6) is 0 Å². The van der Waals surface area contributed by atoms with Crippen LogP contribution in [0, 0.1) is 6.92 Å². The molecule has 0 aliphatic rings. The summed E-state index contributed by atoms with van der Waals surface area (Å²) in [6, 6.07) is 15.0. The molecule has 0 saturated heterocycles. The molecule has 1 heterocycles. The van der Waals surface area contributed by atoms with Crippen molar-refractivity contribution < 1.29 is 4.79 Å². The molecule has 0 aliphatic heterocycles. The Morgan fingerprint density at radius 2 is 1.83 bits per heavy atom. The summed E-state index contributed by atoms with van der Waals surface area (Å²) in [7, 11) is 0. The van der Waals surface area contributed by atoms with Gasteiger partial charge in [-0.1, -0.05) is 67.9 Å². The van der Waals surface area contributed by atoms with Crippen LogP contribution in [0.4, 0.5) is 0 Å². The lowest BCUT2D eigenvalue weighted by atomic mass is 10.0. The number of nitrogens with zero attached hydrogens (tertiary/aromatic N) is 1. The molecule has 0 spiro atoms. The highest BCUT2D eigenvalue weighted by atomic mass is 35.5. The maximum absolute atomic E-state index is 13.4. The zero-order valence-electron chi connectivity index (χ0n) is 17.0. The lowest BCUT2D eigenvalue weighted by molar-refractivity contribution is 0.0936. The van der Waals surface area contributed by atoms with Crippen molar-refractivity contribution in [3.8, 4) is 0 Å². The van der Waals surface area contributed by atoms with Crippen molar-refractivity contribution >= 4 is 28.3 Å². The number of fused-ring (bicyclic) bond motifs is 1. The van der Waals surface area contributed by atoms with Crippen molar-refractivity contribution in [1.82, 2.24) is 9.99 Å². The number of carbonyl (C=O) groups excluding carboxylic acids is 1. The summed E-state index contributed by atoms with van der Waals surface area (Å²) in [4.78, 5) is 26.4. The van der Waals surface area contributed by atoms with E-state index in [4.69, 9.17) is 11.6 Å². The van der Waals surface area contributed by atoms with Crippen LogP contribution in [-0.4, -0.2) is 17.1 Å². The van der Waals surface area contributed by atoms with Crippen LogP contribution >= 0.6 is 11.6 Å². The first-order valence-corrected chi connectivity index (χ1v) is 10.3. The maximum atomic E-state index is 13.4. The lowest BCUT2D eigenvalue weighted by Gasteiger charge is -2.21. The van der Waals surface area contributed by atoms with Crippen LogP contribution in [0.2, 0.25) is 5.02 Å². The van der Waals surface area contributed by atoms with E-state index in [2.05, 4.69) is 10.7 Å². The molecule has 0 radical (unpaired) electrons. The first kappa shape index (κ1) is 20.9. The van der Waals surface area contributed by atoms with Gasteiger partial charge in [-0.15, -0.1) is 0 Å². The van der Waals surface area contributed by atoms with Gasteiger partial charge in [0.15, 0.2) is 0 Å². The molecule has 0 fully saturated rings. The molecule has 3 rings (SSSR count). The van der Waals surface area contributed by atoms with E-state index in [1.807, 2.05) is 44.2 Å². The van der Waals surface area contributed by atoms with Crippen LogP contribution in [0.25, 0.3) is 10.8 Å². The number of amides is 1. The van der Waals surface area contributed by atoms with Gasteiger partial charge < -0.3 is 10.7 Å². The van der Waals surface area contributed by atoms with Crippen molar-refractivity contribution in [2.75, 3.05) is 12.0 Å². The average molecular weight is 412 g/mol. The number of halogens is 1. The summed E-state index contributed by atoms with van der Waals surface area (Å²) < 4.78 is 1.44. The molecule has 5 nitrogen and oxygen atoms in total. The molecule has 6 heteroatoms. The van der Waals surface area contributed by atoms with Crippen LogP contribution in [0.15, 0.2) is 53.3 Å². The fraction of sp³-hybridized carbons (Fsp3) is 0.304. The third-order valence-corrected chi connectivity index (χ3v) is 5.37. The van der Waals surface area contributed by atoms with Gasteiger partial charge in [-0.05, 0) is 31.4 Å². The van der Waals surface area contributed by atoms with E-state index in [0.29, 0.717) is 33.6 Å². The highest BCUT2D eigenvalue weighted by Gasteiger charge is 2.23. The van der Waals surface area contributed by atoms with E-state index in [0.717, 1.165) is 18.4 Å². The molecule has 29 heavy (non-hydrogen) atoms. The highest BCUT2D eigenvalue weighted by molar-refractivity contribution is 6.36. The van der Waals surface area contributed by atoms with E-state index in [9.17, 15) is 9.59 Å². The predicted molar refractivity (Wildman–Crippen MR) is 119 cm³/mol. The summed E-state index contributed by atoms with van der Waals surface area (Å²) in [5.41, 5.74) is 4.93. The minimum atomic E-state index is -0.247. The third-order valence-electron chi connectivity index (χ3n) is 5.06. The second kappa shape index (κ2) is 9.14. The second-order valence-corrected chi connectivity index (χ2v) is 7.42. The Kier molecular flexibility index (Phi) is 6.60. The van der Waals surface area contributed by atoms with Crippen LogP contribution < -0.4 is 16.3 Å². The SMILES string of the molecule is CCCNn1c(C)c(C(=O)N[C@@H](CC)c2ccccc2)c2cccc(Cl)c2c1=O. The van der Waals surface area contributed by atoms with E-state index in [1.165, 1.54) is 4.68 Å². The molecule has 3 aromatic rings. The Bertz CT molecular complexity index is 1080. The molecule has 2 N–H and O–H groups in total. The van der Waals surface area contributed by atoms with Crippen LogP contribution in [0.1, 0.15) is 54.3 Å². The Morgan fingerprint density at radius 3 is 2.48 bits per heavy atom. The van der Waals surface area contributed by atoms with Crippen LogP contribution in [0.3, 0.4) is 0 Å². The standard InChI is InChI=1S/C23H26ClN3O2/c1-4-14-25-27-15(3)20(17-12-9-13-18(24)21(17)23(27)29)22(28)26-19(5-2)16-10-7-6-8-11-16/h6-13,19,25H,4-5,14H2,1-3H3,(H,26,28)/t19-/m0/s1. The number of benzene rings is 2. The molecular weight excluding hydrogens is 386 g/mol. The monoisotopic (exact) mass is 411 g/mol. The molecular formula is C23H26ClN3O2. The van der Waals surface area contributed by atoms with E-state index >= 15 is 0 Å². The summed E-state index contributed by atoms with van der Waals surface area (Å²) in [5, 5.41) is 4.38. The van der Waals surface area contributed by atoms with Gasteiger partial charge in [0.2, 0.25) is 0 Å². The fourth-order valence-electron chi connectivity index (χ4n) is 3.56. The molecule has 0 saturated carbocycles. The zero-order valence-corrected chi connectivity index (χ0v) is 17.7. The molecule has 2 aromatic carbocycles. The summed E-state index contributed by atoms with van der Waals surface area (Å²) in [6.07, 6.45) is 1.60. The largest absolute Gasteiger partial charge is 0.345 e. The normalized spacial score (nSPS) is 12.0. The minimum absolute atomic E-state index is 0.124. The molecule has 152 valence electrons. The highest BCUT2D eigenvalue weighted by Crippen LogP contribution is 2.26. The molecule has 0 bridgehead atoms. The number of aromatic nitrogens is 1. The molecule has 1 aromatic heterocycles. The maximum Gasteiger partial charge on any atom is 0.278 e. The van der Waals surface area contributed by atoms with Crippen molar-refractivity contribution in [2.45, 2.75) is 39.7 Å². The Labute approximate surface area is 175 Å². The van der Waals surface area contributed by atoms with Gasteiger partial charge in [0, 0.05) is 11.9 Å². The number of rotatable bonds is 7. The summed E-state index contributed by atoms with van der Waals surface area (Å²) >= 11 is 6.35. The number of nitrogens with one attached hydrogen (secondary N) is 2. The van der Waals surface area contributed by atoms with E-state index in [-0.39, 0.29) is 17.5 Å². The topological polar surface area (TPSA) is 63.1 Å². The fourth-order valence-corrected chi connectivity index (χ4v) is 3.81. The van der Waals surface area contributed by atoms with Crippen LogP contribution in [-0.2, 0) is 0 Å². The Balaban J connectivity index is 2.13. The summed E-state index contributed by atoms with van der Waals surface area (Å²) in [5.74, 6) is -0.225. The van der Waals surface area contributed by atoms with Gasteiger partial charge in [-0.25, -0.2) is 4.68 Å². The smallest absolute Gasteiger partial charge is 0.278 e. The van der Waals surface area contributed by atoms with Gasteiger partial charge in [-0.2, -0.15) is 0 Å². The van der Waals surface area contributed by atoms with Crippen molar-refractivity contribution in [1.29, 1.82) is 0 Å². The van der Waals surface area contributed by atoms with Gasteiger partial charge in [-0.3, -0.25) is 9.59 Å². The number of hydrogen-bond acceptors (Lipinski definition) is 3. The lowest BCUT2D eigenvalue weighted by Crippen LogP contribution is -2.36. The van der Waals surface area contributed by atoms with Gasteiger partial charge in [0.25, 0.3) is 11.5 Å². The van der Waals surface area contributed by atoms with Crippen molar-refractivity contribution in [2.24, 2.45) is 0 Å². The number of hydrogen-bond donors (Lipinski definition) is 2. The molecule has 1 atom stereocenters.